The van der Waals surface area contributed by atoms with Crippen LogP contribution < -0.4 is 16.6 Å². The molecule has 146 valence electrons. The molecule has 29 heavy (non-hydrogen) atoms. The van der Waals surface area contributed by atoms with Crippen molar-refractivity contribution in [3.8, 4) is 5.69 Å². The number of aromatic nitrogens is 6. The van der Waals surface area contributed by atoms with Crippen molar-refractivity contribution in [1.29, 1.82) is 0 Å². The molecule has 12 heteroatoms. The van der Waals surface area contributed by atoms with Crippen LogP contribution in [0.3, 0.4) is 0 Å². The Morgan fingerprint density at radius 2 is 2.00 bits per heavy atom. The molecule has 10 nitrogen and oxygen atoms in total. The second-order valence-corrected chi connectivity index (χ2v) is 6.69. The molecule has 0 saturated heterocycles. The first-order valence-corrected chi connectivity index (χ1v) is 8.88. The summed E-state index contributed by atoms with van der Waals surface area (Å²) in [6.45, 7) is 0. The van der Waals surface area contributed by atoms with Gasteiger partial charge in [-0.25, -0.2) is 19.3 Å². The number of amides is 1. The fourth-order valence-corrected chi connectivity index (χ4v) is 3.09. The molecular weight excluding hydrogens is 421 g/mol. The van der Waals surface area contributed by atoms with Gasteiger partial charge in [-0.1, -0.05) is 29.3 Å². The second-order valence-electron chi connectivity index (χ2n) is 5.93. The van der Waals surface area contributed by atoms with Gasteiger partial charge >= 0.3 is 5.69 Å². The van der Waals surface area contributed by atoms with Crippen molar-refractivity contribution < 1.29 is 4.79 Å². The van der Waals surface area contributed by atoms with Crippen LogP contribution in [0.4, 0.5) is 5.69 Å². The summed E-state index contributed by atoms with van der Waals surface area (Å²) < 4.78 is 2.29. The van der Waals surface area contributed by atoms with Crippen LogP contribution in [0.5, 0.6) is 0 Å². The predicted molar refractivity (Wildman–Crippen MR) is 107 cm³/mol. The van der Waals surface area contributed by atoms with Gasteiger partial charge in [0.05, 0.1) is 22.6 Å². The van der Waals surface area contributed by atoms with Gasteiger partial charge in [-0.15, -0.1) is 0 Å². The molecule has 3 heterocycles. The number of benzene rings is 1. The van der Waals surface area contributed by atoms with Gasteiger partial charge in [0, 0.05) is 13.2 Å². The summed E-state index contributed by atoms with van der Waals surface area (Å²) >= 11 is 12.1. The number of aromatic amines is 1. The van der Waals surface area contributed by atoms with Gasteiger partial charge in [0.15, 0.2) is 16.9 Å². The van der Waals surface area contributed by atoms with Gasteiger partial charge in [0.2, 0.25) is 0 Å². The van der Waals surface area contributed by atoms with E-state index in [-0.39, 0.29) is 38.4 Å². The zero-order valence-electron chi connectivity index (χ0n) is 14.7. The number of carbonyl (C=O) groups excluding carboxylic acids is 1. The minimum atomic E-state index is -0.783. The summed E-state index contributed by atoms with van der Waals surface area (Å²) in [5.74, 6) is -0.495. The molecule has 4 aromatic rings. The monoisotopic (exact) mass is 431 g/mol. The van der Waals surface area contributed by atoms with Crippen LogP contribution in [0.2, 0.25) is 10.2 Å². The lowest BCUT2D eigenvalue weighted by Crippen LogP contribution is -2.34. The number of fused-ring (bicyclic) bond motifs is 1. The van der Waals surface area contributed by atoms with Crippen LogP contribution in [0.1, 0.15) is 10.5 Å². The average molecular weight is 432 g/mol. The Bertz CT molecular complexity index is 1390. The first-order valence-electron chi connectivity index (χ1n) is 8.12. The standard InChI is InChI=1S/C17H11Cl2N7O3/c1-25-6-5-9(24-25)15(27)21-8-3-2-4-10(12(8)19)26-16(28)13-14(23-17(26)29)22-11(18)7-20-13/h2-7H,1H3,(H,21,27)(H,22,23,29). The highest BCUT2D eigenvalue weighted by molar-refractivity contribution is 6.35. The van der Waals surface area contributed by atoms with Gasteiger partial charge in [0.1, 0.15) is 5.15 Å². The van der Waals surface area contributed by atoms with E-state index >= 15 is 0 Å². The van der Waals surface area contributed by atoms with Gasteiger partial charge in [-0.05, 0) is 18.2 Å². The van der Waals surface area contributed by atoms with Crippen LogP contribution in [0.25, 0.3) is 16.9 Å². The zero-order chi connectivity index (χ0) is 20.7. The number of nitrogens with zero attached hydrogens (tertiary/aromatic N) is 5. The molecule has 0 bridgehead atoms. The normalized spacial score (nSPS) is 11.0. The minimum absolute atomic E-state index is 0.00865. The van der Waals surface area contributed by atoms with E-state index in [1.165, 1.54) is 29.1 Å². The van der Waals surface area contributed by atoms with Crippen molar-refractivity contribution in [3.63, 3.8) is 0 Å². The molecule has 1 aromatic carbocycles. The maximum atomic E-state index is 12.8. The van der Waals surface area contributed by atoms with Crippen molar-refractivity contribution >= 4 is 46.0 Å². The van der Waals surface area contributed by atoms with Crippen LogP contribution in [0, 0.1) is 0 Å². The molecular formula is C17H11Cl2N7O3. The van der Waals surface area contributed by atoms with E-state index in [1.807, 2.05) is 0 Å². The molecule has 0 unspecified atom stereocenters. The van der Waals surface area contributed by atoms with Crippen molar-refractivity contribution in [1.82, 2.24) is 29.3 Å². The topological polar surface area (TPSA) is 128 Å². The molecule has 3 aromatic heterocycles. The van der Waals surface area contributed by atoms with Crippen LogP contribution in [-0.4, -0.2) is 35.2 Å². The number of hydrogen-bond acceptors (Lipinski definition) is 6. The number of halogens is 2. The fourth-order valence-electron chi connectivity index (χ4n) is 2.70. The summed E-state index contributed by atoms with van der Waals surface area (Å²) in [5.41, 5.74) is -1.20. The Kier molecular flexibility index (Phi) is 4.65. The van der Waals surface area contributed by atoms with Crippen molar-refractivity contribution in [2.75, 3.05) is 5.32 Å². The van der Waals surface area contributed by atoms with Crippen LogP contribution in [-0.2, 0) is 7.05 Å². The number of aryl methyl sites for hydroxylation is 1. The summed E-state index contributed by atoms with van der Waals surface area (Å²) in [6.07, 6.45) is 2.81. The first kappa shape index (κ1) is 18.8. The number of carbonyl (C=O) groups is 1. The second kappa shape index (κ2) is 7.15. The lowest BCUT2D eigenvalue weighted by Gasteiger charge is -2.12. The molecule has 0 aliphatic carbocycles. The molecule has 4 rings (SSSR count). The van der Waals surface area contributed by atoms with Crippen molar-refractivity contribution in [2.24, 2.45) is 7.05 Å². The number of nitrogens with one attached hydrogen (secondary N) is 2. The van der Waals surface area contributed by atoms with Gasteiger partial charge in [0.25, 0.3) is 11.5 Å². The van der Waals surface area contributed by atoms with E-state index in [9.17, 15) is 14.4 Å². The highest BCUT2D eigenvalue weighted by Gasteiger charge is 2.18. The number of anilines is 1. The minimum Gasteiger partial charge on any atom is -0.319 e. The largest absolute Gasteiger partial charge is 0.334 e. The van der Waals surface area contributed by atoms with E-state index in [4.69, 9.17) is 23.2 Å². The third-order valence-electron chi connectivity index (χ3n) is 3.99. The number of rotatable bonds is 3. The SMILES string of the molecule is Cn1ccc(C(=O)Nc2cccc(-n3c(=O)[nH]c4nc(Cl)cnc4c3=O)c2Cl)n1. The maximum Gasteiger partial charge on any atom is 0.334 e. The van der Waals surface area contributed by atoms with Gasteiger partial charge < -0.3 is 5.32 Å². The Labute approximate surface area is 171 Å². The zero-order valence-corrected chi connectivity index (χ0v) is 16.2. The van der Waals surface area contributed by atoms with E-state index in [1.54, 1.807) is 19.3 Å². The Balaban J connectivity index is 1.82. The first-order chi connectivity index (χ1) is 13.8. The molecule has 1 amide bonds. The summed E-state index contributed by atoms with van der Waals surface area (Å²) in [6, 6.07) is 6.07. The Morgan fingerprint density at radius 1 is 1.21 bits per heavy atom. The van der Waals surface area contributed by atoms with Gasteiger partial charge in [-0.2, -0.15) is 5.10 Å². The third-order valence-corrected chi connectivity index (χ3v) is 4.57. The van der Waals surface area contributed by atoms with E-state index in [2.05, 4.69) is 25.4 Å². The molecule has 0 saturated carbocycles. The van der Waals surface area contributed by atoms with Crippen molar-refractivity contribution in [3.05, 3.63) is 73.4 Å². The summed E-state index contributed by atoms with van der Waals surface area (Å²) in [4.78, 5) is 47.9. The highest BCUT2D eigenvalue weighted by atomic mass is 35.5. The fraction of sp³-hybridized carbons (Fsp3) is 0.0588. The molecule has 0 radical (unpaired) electrons. The Hall–Kier alpha value is -3.50. The highest BCUT2D eigenvalue weighted by Crippen LogP contribution is 2.28. The van der Waals surface area contributed by atoms with Crippen LogP contribution in [0.15, 0.2) is 46.2 Å². The molecule has 0 atom stereocenters. The molecule has 2 N–H and O–H groups in total. The number of H-pyrrole nitrogens is 1. The average Bonchev–Trinajstić information content (AvgIpc) is 3.11. The summed E-state index contributed by atoms with van der Waals surface area (Å²) in [5, 5.41) is 6.65. The van der Waals surface area contributed by atoms with Gasteiger partial charge in [-0.3, -0.25) is 19.3 Å². The lowest BCUT2D eigenvalue weighted by molar-refractivity contribution is 0.102. The Morgan fingerprint density at radius 3 is 2.72 bits per heavy atom. The molecule has 0 fully saturated rings. The lowest BCUT2D eigenvalue weighted by atomic mass is 10.2. The van der Waals surface area contributed by atoms with E-state index < -0.39 is 17.2 Å². The van der Waals surface area contributed by atoms with Crippen molar-refractivity contribution in [2.45, 2.75) is 0 Å². The van der Waals surface area contributed by atoms with E-state index in [0.717, 1.165) is 4.57 Å². The quantitative estimate of drug-likeness (QED) is 0.508. The molecule has 0 aliphatic heterocycles. The molecule has 0 spiro atoms. The number of hydrogen-bond donors (Lipinski definition) is 2. The van der Waals surface area contributed by atoms with Crippen LogP contribution >= 0.6 is 23.2 Å². The smallest absolute Gasteiger partial charge is 0.319 e. The predicted octanol–water partition coefficient (Wildman–Crippen LogP) is 1.76. The van der Waals surface area contributed by atoms with E-state index in [0.29, 0.717) is 0 Å². The molecule has 0 aliphatic rings. The third kappa shape index (κ3) is 3.39. The maximum absolute atomic E-state index is 12.8. The summed E-state index contributed by atoms with van der Waals surface area (Å²) in [7, 11) is 1.68.